The van der Waals surface area contributed by atoms with Gasteiger partial charge in [0.2, 0.25) is 5.91 Å². The average Bonchev–Trinajstić information content (AvgIpc) is 2.98. The van der Waals surface area contributed by atoms with Gasteiger partial charge in [0.1, 0.15) is 11.9 Å². The second-order valence-electron chi connectivity index (χ2n) is 5.50. The number of rotatable bonds is 5. The van der Waals surface area contributed by atoms with E-state index < -0.39 is 23.7 Å². The summed E-state index contributed by atoms with van der Waals surface area (Å²) in [5, 5.41) is 3.58. The summed E-state index contributed by atoms with van der Waals surface area (Å²) < 4.78 is 12.9. The number of carbonyl (C=O) groups is 2. The predicted octanol–water partition coefficient (Wildman–Crippen LogP) is 2.13. The van der Waals surface area contributed by atoms with Crippen molar-refractivity contribution in [2.24, 2.45) is 5.73 Å². The maximum absolute atomic E-state index is 12.9. The molecule has 0 aliphatic carbocycles. The molecule has 6 heteroatoms. The summed E-state index contributed by atoms with van der Waals surface area (Å²) in [5.41, 5.74) is 7.52. The lowest BCUT2D eigenvalue weighted by atomic mass is 10.0. The van der Waals surface area contributed by atoms with Crippen LogP contribution in [0.15, 0.2) is 54.7 Å². The summed E-state index contributed by atoms with van der Waals surface area (Å²) in [6.07, 6.45) is 2.07. The topological polar surface area (TPSA) is 88.0 Å². The number of aromatic amines is 1. The first-order valence-corrected chi connectivity index (χ1v) is 7.45. The van der Waals surface area contributed by atoms with Crippen molar-refractivity contribution in [3.63, 3.8) is 0 Å². The molecule has 0 bridgehead atoms. The van der Waals surface area contributed by atoms with E-state index in [2.05, 4.69) is 10.3 Å². The molecule has 0 unspecified atom stereocenters. The zero-order valence-corrected chi connectivity index (χ0v) is 12.8. The molecule has 4 N–H and O–H groups in total. The highest BCUT2D eigenvalue weighted by Gasteiger charge is 2.21. The lowest BCUT2D eigenvalue weighted by Crippen LogP contribution is -2.45. The quantitative estimate of drug-likeness (QED) is 0.671. The second-order valence-corrected chi connectivity index (χ2v) is 5.50. The Morgan fingerprint density at radius 3 is 2.54 bits per heavy atom. The van der Waals surface area contributed by atoms with Gasteiger partial charge in [-0.05, 0) is 35.9 Å². The largest absolute Gasteiger partial charge is 0.368 e. The van der Waals surface area contributed by atoms with Crippen molar-refractivity contribution >= 4 is 22.7 Å². The van der Waals surface area contributed by atoms with Gasteiger partial charge in [-0.2, -0.15) is 0 Å². The number of primary amides is 1. The summed E-state index contributed by atoms with van der Waals surface area (Å²) >= 11 is 0. The van der Waals surface area contributed by atoms with E-state index in [9.17, 15) is 14.0 Å². The number of carbonyl (C=O) groups excluding carboxylic acids is 2. The Bertz CT molecular complexity index is 887. The molecule has 0 radical (unpaired) electrons. The van der Waals surface area contributed by atoms with Crippen LogP contribution in [0, 0.1) is 5.82 Å². The molecule has 1 heterocycles. The Hall–Kier alpha value is -3.15. The third-order valence-corrected chi connectivity index (χ3v) is 3.85. The third-order valence-electron chi connectivity index (χ3n) is 3.85. The molecule has 122 valence electrons. The number of para-hydroxylation sites is 1. The number of aromatic nitrogens is 1. The summed E-state index contributed by atoms with van der Waals surface area (Å²) in [4.78, 5) is 27.1. The first-order valence-electron chi connectivity index (χ1n) is 7.45. The summed E-state index contributed by atoms with van der Waals surface area (Å²) in [7, 11) is 0. The van der Waals surface area contributed by atoms with Gasteiger partial charge in [-0.25, -0.2) is 4.39 Å². The monoisotopic (exact) mass is 325 g/mol. The number of hydrogen-bond acceptors (Lipinski definition) is 2. The minimum atomic E-state index is -0.859. The van der Waals surface area contributed by atoms with Crippen molar-refractivity contribution in [3.05, 3.63) is 71.7 Å². The van der Waals surface area contributed by atoms with Crippen LogP contribution in [-0.2, 0) is 11.2 Å². The molecule has 0 aliphatic rings. The molecule has 0 fully saturated rings. The maximum atomic E-state index is 12.9. The summed E-state index contributed by atoms with van der Waals surface area (Å²) in [6.45, 7) is 0. The van der Waals surface area contributed by atoms with E-state index in [1.54, 1.807) is 6.20 Å². The van der Waals surface area contributed by atoms with Crippen LogP contribution in [0.1, 0.15) is 15.9 Å². The van der Waals surface area contributed by atoms with E-state index >= 15 is 0 Å². The predicted molar refractivity (Wildman–Crippen MR) is 88.9 cm³/mol. The highest BCUT2D eigenvalue weighted by molar-refractivity contribution is 5.97. The Kier molecular flexibility index (Phi) is 4.29. The van der Waals surface area contributed by atoms with Crippen LogP contribution < -0.4 is 11.1 Å². The molecule has 5 nitrogen and oxygen atoms in total. The molecule has 3 aromatic rings. The van der Waals surface area contributed by atoms with Crippen molar-refractivity contribution < 1.29 is 14.0 Å². The van der Waals surface area contributed by atoms with Crippen molar-refractivity contribution in [3.8, 4) is 0 Å². The second kappa shape index (κ2) is 6.54. The molecule has 3 rings (SSSR count). The smallest absolute Gasteiger partial charge is 0.251 e. The van der Waals surface area contributed by atoms with Gasteiger partial charge in [0.15, 0.2) is 0 Å². The van der Waals surface area contributed by atoms with Gasteiger partial charge in [-0.15, -0.1) is 0 Å². The van der Waals surface area contributed by atoms with E-state index in [0.717, 1.165) is 16.5 Å². The lowest BCUT2D eigenvalue weighted by molar-refractivity contribution is -0.119. The van der Waals surface area contributed by atoms with Crippen LogP contribution >= 0.6 is 0 Å². The van der Waals surface area contributed by atoms with Crippen LogP contribution in [0.25, 0.3) is 10.9 Å². The van der Waals surface area contributed by atoms with Crippen LogP contribution in [0.4, 0.5) is 4.39 Å². The normalized spacial score (nSPS) is 12.0. The fourth-order valence-electron chi connectivity index (χ4n) is 2.59. The van der Waals surface area contributed by atoms with Gasteiger partial charge in [0, 0.05) is 29.1 Å². The Labute approximate surface area is 137 Å². The van der Waals surface area contributed by atoms with E-state index in [1.807, 2.05) is 24.3 Å². The summed E-state index contributed by atoms with van der Waals surface area (Å²) in [6, 6.07) is 11.9. The molecule has 1 aromatic heterocycles. The van der Waals surface area contributed by atoms with Crippen molar-refractivity contribution in [2.45, 2.75) is 12.5 Å². The molecule has 0 saturated heterocycles. The number of benzene rings is 2. The number of fused-ring (bicyclic) bond motifs is 1. The van der Waals surface area contributed by atoms with E-state index in [4.69, 9.17) is 5.73 Å². The van der Waals surface area contributed by atoms with Crippen LogP contribution in [-0.4, -0.2) is 22.8 Å². The van der Waals surface area contributed by atoms with Crippen LogP contribution in [0.5, 0.6) is 0 Å². The van der Waals surface area contributed by atoms with Crippen LogP contribution in [0.2, 0.25) is 0 Å². The Balaban J connectivity index is 1.79. The standard InChI is InChI=1S/C18H16FN3O2/c19-13-7-5-11(6-8-13)18(24)22-16(17(20)23)9-12-10-21-15-4-2-1-3-14(12)15/h1-8,10,16,21H,9H2,(H2,20,23)(H,22,24)/t16-/m1/s1. The molecule has 24 heavy (non-hydrogen) atoms. The Morgan fingerprint density at radius 1 is 1.12 bits per heavy atom. The zero-order valence-electron chi connectivity index (χ0n) is 12.8. The van der Waals surface area contributed by atoms with Gasteiger partial charge in [-0.1, -0.05) is 18.2 Å². The minimum Gasteiger partial charge on any atom is -0.368 e. The Morgan fingerprint density at radius 2 is 1.83 bits per heavy atom. The fourth-order valence-corrected chi connectivity index (χ4v) is 2.59. The lowest BCUT2D eigenvalue weighted by Gasteiger charge is -2.15. The molecular weight excluding hydrogens is 309 g/mol. The van der Waals surface area contributed by atoms with Crippen molar-refractivity contribution in [1.29, 1.82) is 0 Å². The summed E-state index contributed by atoms with van der Waals surface area (Å²) in [5.74, 6) is -1.54. The first-order chi connectivity index (χ1) is 11.5. The third kappa shape index (κ3) is 3.27. The van der Waals surface area contributed by atoms with Gasteiger partial charge < -0.3 is 16.0 Å². The number of hydrogen-bond donors (Lipinski definition) is 3. The first kappa shape index (κ1) is 15.7. The fraction of sp³-hybridized carbons (Fsp3) is 0.111. The minimum absolute atomic E-state index is 0.265. The average molecular weight is 325 g/mol. The highest BCUT2D eigenvalue weighted by atomic mass is 19.1. The van der Waals surface area contributed by atoms with Gasteiger partial charge in [0.05, 0.1) is 0 Å². The van der Waals surface area contributed by atoms with E-state index in [1.165, 1.54) is 24.3 Å². The number of H-pyrrole nitrogens is 1. The molecule has 0 spiro atoms. The zero-order chi connectivity index (χ0) is 17.1. The molecule has 2 amide bonds. The van der Waals surface area contributed by atoms with E-state index in [-0.39, 0.29) is 12.0 Å². The number of amides is 2. The van der Waals surface area contributed by atoms with E-state index in [0.29, 0.717) is 0 Å². The highest BCUT2D eigenvalue weighted by Crippen LogP contribution is 2.19. The molecular formula is C18H16FN3O2. The van der Waals surface area contributed by atoms with Gasteiger partial charge >= 0.3 is 0 Å². The number of halogens is 1. The molecule has 1 atom stereocenters. The van der Waals surface area contributed by atoms with Crippen LogP contribution in [0.3, 0.4) is 0 Å². The maximum Gasteiger partial charge on any atom is 0.251 e. The number of nitrogens with two attached hydrogens (primary N) is 1. The van der Waals surface area contributed by atoms with Crippen molar-refractivity contribution in [1.82, 2.24) is 10.3 Å². The molecule has 0 saturated carbocycles. The SMILES string of the molecule is NC(=O)[C@@H](Cc1c[nH]c2ccccc12)NC(=O)c1ccc(F)cc1. The number of nitrogens with one attached hydrogen (secondary N) is 2. The van der Waals surface area contributed by atoms with Gasteiger partial charge in [-0.3, -0.25) is 9.59 Å². The van der Waals surface area contributed by atoms with Crippen molar-refractivity contribution in [2.75, 3.05) is 0 Å². The molecule has 0 aliphatic heterocycles. The van der Waals surface area contributed by atoms with Gasteiger partial charge in [0.25, 0.3) is 5.91 Å². The molecule has 2 aromatic carbocycles.